The maximum Gasteiger partial charge on any atom is 0.305 e. The van der Waals surface area contributed by atoms with Crippen molar-refractivity contribution in [1.82, 2.24) is 9.80 Å². The fraction of sp³-hybridized carbons (Fsp3) is 0.900. The first kappa shape index (κ1) is 23.1. The van der Waals surface area contributed by atoms with Gasteiger partial charge in [0.25, 0.3) is 0 Å². The molecule has 0 aromatic heterocycles. The van der Waals surface area contributed by atoms with E-state index in [1.807, 2.05) is 27.7 Å². The number of ether oxygens (including phenoxy) is 4. The summed E-state index contributed by atoms with van der Waals surface area (Å²) < 4.78 is 21.8. The molecule has 2 fully saturated rings. The molecule has 0 amide bonds. The van der Waals surface area contributed by atoms with Gasteiger partial charge in [0.2, 0.25) is 0 Å². The largest absolute Gasteiger partial charge is 0.464 e. The quantitative estimate of drug-likeness (QED) is 0.384. The van der Waals surface area contributed by atoms with Crippen molar-refractivity contribution in [2.75, 3.05) is 52.6 Å². The second-order valence-electron chi connectivity index (χ2n) is 8.21. The van der Waals surface area contributed by atoms with Gasteiger partial charge in [-0.15, -0.1) is 0 Å². The molecule has 0 unspecified atom stereocenters. The summed E-state index contributed by atoms with van der Waals surface area (Å²) in [7, 11) is 0. The number of hydrogen-bond donors (Lipinski definition) is 0. The lowest BCUT2D eigenvalue weighted by molar-refractivity contribution is -0.147. The first-order chi connectivity index (χ1) is 13.2. The molecule has 0 bridgehead atoms. The highest BCUT2D eigenvalue weighted by atomic mass is 16.5. The summed E-state index contributed by atoms with van der Waals surface area (Å²) >= 11 is 0. The normalized spacial score (nSPS) is 21.7. The van der Waals surface area contributed by atoms with E-state index >= 15 is 0 Å². The average Bonchev–Trinajstić information content (AvgIpc) is 3.13. The first-order valence-electron chi connectivity index (χ1n) is 10.3. The van der Waals surface area contributed by atoms with Gasteiger partial charge in [0.05, 0.1) is 13.2 Å². The molecule has 0 radical (unpaired) electrons. The third kappa shape index (κ3) is 7.31. The van der Waals surface area contributed by atoms with Crippen LogP contribution in [0.15, 0.2) is 0 Å². The molecule has 2 aliphatic heterocycles. The van der Waals surface area contributed by atoms with Gasteiger partial charge in [-0.05, 0) is 40.5 Å². The Hall–Kier alpha value is -1.22. The summed E-state index contributed by atoms with van der Waals surface area (Å²) in [5.41, 5.74) is -0.575. The maximum absolute atomic E-state index is 11.8. The molecule has 0 N–H and O–H groups in total. The minimum absolute atomic E-state index is 0.220. The third-order valence-electron chi connectivity index (χ3n) is 5.42. The second kappa shape index (κ2) is 10.5. The molecule has 2 aliphatic rings. The number of carbonyl (C=O) groups is 2. The van der Waals surface area contributed by atoms with Gasteiger partial charge >= 0.3 is 11.9 Å². The lowest BCUT2D eigenvalue weighted by Crippen LogP contribution is -2.41. The molecule has 0 saturated carbocycles. The monoisotopic (exact) mass is 400 g/mol. The van der Waals surface area contributed by atoms with E-state index < -0.39 is 0 Å². The Labute approximate surface area is 168 Å². The van der Waals surface area contributed by atoms with Crippen LogP contribution in [-0.4, -0.2) is 85.8 Å². The van der Waals surface area contributed by atoms with Crippen molar-refractivity contribution >= 4 is 11.9 Å². The van der Waals surface area contributed by atoms with Crippen molar-refractivity contribution in [3.05, 3.63) is 0 Å². The van der Waals surface area contributed by atoms with Crippen molar-refractivity contribution in [3.8, 4) is 0 Å². The zero-order valence-electron chi connectivity index (χ0n) is 17.8. The number of rotatable bonds is 11. The maximum atomic E-state index is 11.8. The summed E-state index contributed by atoms with van der Waals surface area (Å²) in [6.45, 7) is 13.3. The summed E-state index contributed by atoms with van der Waals surface area (Å²) in [5.74, 6) is -0.440. The van der Waals surface area contributed by atoms with Crippen LogP contribution in [0.25, 0.3) is 0 Å². The summed E-state index contributed by atoms with van der Waals surface area (Å²) in [5, 5.41) is 0. The fourth-order valence-electron chi connectivity index (χ4n) is 3.52. The Morgan fingerprint density at radius 3 is 1.50 bits per heavy atom. The Morgan fingerprint density at radius 1 is 0.786 bits per heavy atom. The van der Waals surface area contributed by atoms with E-state index in [2.05, 4.69) is 9.80 Å². The van der Waals surface area contributed by atoms with E-state index in [1.54, 1.807) is 0 Å². The average molecular weight is 401 g/mol. The van der Waals surface area contributed by atoms with E-state index in [1.165, 1.54) is 0 Å². The van der Waals surface area contributed by atoms with Crippen LogP contribution >= 0.6 is 0 Å². The standard InChI is InChI=1S/C20H36N2O6/c1-19(2)21(11-15-27-19)9-13-25-17(23)7-5-6-8-18(24)26-14-10-22-12-16-28-20(22,3)4/h5-16H2,1-4H3. The molecule has 2 rings (SSSR count). The van der Waals surface area contributed by atoms with Crippen LogP contribution in [0.5, 0.6) is 0 Å². The number of esters is 2. The van der Waals surface area contributed by atoms with Crippen molar-refractivity contribution in [2.45, 2.75) is 64.8 Å². The molecule has 0 aromatic rings. The van der Waals surface area contributed by atoms with Gasteiger partial charge in [0, 0.05) is 39.0 Å². The number of hydrogen-bond acceptors (Lipinski definition) is 8. The predicted molar refractivity (Wildman–Crippen MR) is 104 cm³/mol. The van der Waals surface area contributed by atoms with Gasteiger partial charge in [-0.25, -0.2) is 0 Å². The van der Waals surface area contributed by atoms with Crippen LogP contribution in [0.3, 0.4) is 0 Å². The lowest BCUT2D eigenvalue weighted by Gasteiger charge is -2.29. The highest BCUT2D eigenvalue weighted by Crippen LogP contribution is 2.22. The zero-order chi connectivity index (χ0) is 20.6. The molecule has 0 atom stereocenters. The van der Waals surface area contributed by atoms with Gasteiger partial charge in [0.15, 0.2) is 0 Å². The van der Waals surface area contributed by atoms with Crippen LogP contribution in [0.1, 0.15) is 53.4 Å². The number of nitrogens with zero attached hydrogens (tertiary/aromatic N) is 2. The molecule has 0 spiro atoms. The van der Waals surface area contributed by atoms with E-state index in [4.69, 9.17) is 18.9 Å². The molecule has 8 nitrogen and oxygen atoms in total. The summed E-state index contributed by atoms with van der Waals surface area (Å²) in [4.78, 5) is 27.9. The molecule has 162 valence electrons. The Bertz CT molecular complexity index is 477. The smallest absolute Gasteiger partial charge is 0.305 e. The molecular formula is C20H36N2O6. The molecule has 28 heavy (non-hydrogen) atoms. The predicted octanol–water partition coefficient (Wildman–Crippen LogP) is 1.77. The molecular weight excluding hydrogens is 364 g/mol. The van der Waals surface area contributed by atoms with Gasteiger partial charge in [-0.2, -0.15) is 0 Å². The SMILES string of the molecule is CC1(C)OCCN1CCOC(=O)CCCCC(=O)OCCN1CCOC1(C)C. The van der Waals surface area contributed by atoms with Crippen LogP contribution < -0.4 is 0 Å². The summed E-state index contributed by atoms with van der Waals surface area (Å²) in [6.07, 6.45) is 1.90. The van der Waals surface area contributed by atoms with Gasteiger partial charge in [-0.1, -0.05) is 0 Å². The highest BCUT2D eigenvalue weighted by molar-refractivity contribution is 5.70. The van der Waals surface area contributed by atoms with E-state index in [0.29, 0.717) is 65.2 Å². The zero-order valence-corrected chi connectivity index (χ0v) is 17.8. The van der Waals surface area contributed by atoms with Gasteiger partial charge in [-0.3, -0.25) is 19.4 Å². The Kier molecular flexibility index (Phi) is 8.67. The first-order valence-corrected chi connectivity index (χ1v) is 10.3. The topological polar surface area (TPSA) is 77.5 Å². The molecule has 8 heteroatoms. The second-order valence-corrected chi connectivity index (χ2v) is 8.21. The molecule has 0 aliphatic carbocycles. The molecule has 2 saturated heterocycles. The van der Waals surface area contributed by atoms with Crippen molar-refractivity contribution in [2.24, 2.45) is 0 Å². The molecule has 2 heterocycles. The van der Waals surface area contributed by atoms with E-state index in [0.717, 1.165) is 13.1 Å². The van der Waals surface area contributed by atoms with E-state index in [9.17, 15) is 9.59 Å². The third-order valence-corrected chi connectivity index (χ3v) is 5.42. The minimum atomic E-state index is -0.287. The van der Waals surface area contributed by atoms with Gasteiger partial charge < -0.3 is 18.9 Å². The lowest BCUT2D eigenvalue weighted by atomic mass is 10.2. The number of unbranched alkanes of at least 4 members (excludes halogenated alkanes) is 1. The number of carbonyl (C=O) groups excluding carboxylic acids is 2. The van der Waals surface area contributed by atoms with Crippen molar-refractivity contribution < 1.29 is 28.5 Å². The Morgan fingerprint density at radius 2 is 1.18 bits per heavy atom. The van der Waals surface area contributed by atoms with E-state index in [-0.39, 0.29) is 23.4 Å². The Balaban J connectivity index is 1.45. The van der Waals surface area contributed by atoms with Crippen molar-refractivity contribution in [1.29, 1.82) is 0 Å². The highest BCUT2D eigenvalue weighted by Gasteiger charge is 2.33. The minimum Gasteiger partial charge on any atom is -0.464 e. The molecule has 0 aromatic carbocycles. The summed E-state index contributed by atoms with van der Waals surface area (Å²) in [6, 6.07) is 0. The van der Waals surface area contributed by atoms with Crippen molar-refractivity contribution in [3.63, 3.8) is 0 Å². The van der Waals surface area contributed by atoms with Crippen LogP contribution in [-0.2, 0) is 28.5 Å². The van der Waals surface area contributed by atoms with Crippen LogP contribution in [0.4, 0.5) is 0 Å². The van der Waals surface area contributed by atoms with Crippen LogP contribution in [0.2, 0.25) is 0 Å². The van der Waals surface area contributed by atoms with Gasteiger partial charge in [0.1, 0.15) is 24.7 Å². The van der Waals surface area contributed by atoms with Crippen LogP contribution in [0, 0.1) is 0 Å². The fourth-order valence-corrected chi connectivity index (χ4v) is 3.52.